The van der Waals surface area contributed by atoms with Gasteiger partial charge in [-0.1, -0.05) is 28.1 Å². The van der Waals surface area contributed by atoms with E-state index in [4.69, 9.17) is 0 Å². The Kier molecular flexibility index (Phi) is 5.78. The molecule has 1 aromatic carbocycles. The van der Waals surface area contributed by atoms with Crippen molar-refractivity contribution in [2.24, 2.45) is 0 Å². The van der Waals surface area contributed by atoms with Gasteiger partial charge >= 0.3 is 0 Å². The van der Waals surface area contributed by atoms with Crippen LogP contribution in [0.3, 0.4) is 0 Å². The molecule has 0 aliphatic carbocycles. The molecule has 6 heteroatoms. The zero-order chi connectivity index (χ0) is 13.8. The van der Waals surface area contributed by atoms with Gasteiger partial charge in [-0.3, -0.25) is 0 Å². The molecule has 0 radical (unpaired) electrons. The highest BCUT2D eigenvalue weighted by atomic mass is 79.9. The molecule has 4 nitrogen and oxygen atoms in total. The first-order valence-electron chi connectivity index (χ1n) is 5.78. The first-order chi connectivity index (χ1) is 8.36. The smallest absolute Gasteiger partial charge is 0.216 e. The Morgan fingerprint density at radius 1 is 1.33 bits per heavy atom. The maximum atomic E-state index is 12.0. The van der Waals surface area contributed by atoms with E-state index in [9.17, 15) is 8.42 Å². The summed E-state index contributed by atoms with van der Waals surface area (Å²) in [5, 5.41) is 2.41. The average molecular weight is 335 g/mol. The van der Waals surface area contributed by atoms with Crippen LogP contribution in [0.2, 0.25) is 0 Å². The highest BCUT2D eigenvalue weighted by Gasteiger charge is 2.22. The molecule has 0 aromatic heterocycles. The third kappa shape index (κ3) is 4.35. The van der Waals surface area contributed by atoms with E-state index in [0.717, 1.165) is 10.0 Å². The van der Waals surface area contributed by atoms with E-state index in [1.807, 2.05) is 31.2 Å². The van der Waals surface area contributed by atoms with Crippen molar-refractivity contribution in [2.75, 3.05) is 13.6 Å². The van der Waals surface area contributed by atoms with E-state index in [1.54, 1.807) is 14.0 Å². The lowest BCUT2D eigenvalue weighted by atomic mass is 10.1. The van der Waals surface area contributed by atoms with Crippen LogP contribution < -0.4 is 10.0 Å². The van der Waals surface area contributed by atoms with Gasteiger partial charge in [0.25, 0.3) is 0 Å². The molecule has 0 fully saturated rings. The summed E-state index contributed by atoms with van der Waals surface area (Å²) < 4.78 is 27.7. The summed E-state index contributed by atoms with van der Waals surface area (Å²) >= 11 is 3.38. The molecular weight excluding hydrogens is 316 g/mol. The van der Waals surface area contributed by atoms with Gasteiger partial charge in [-0.25, -0.2) is 13.1 Å². The SMILES string of the molecule is CNCC(C)S(=O)(=O)NC(C)c1cccc(Br)c1. The predicted molar refractivity (Wildman–Crippen MR) is 78.0 cm³/mol. The van der Waals surface area contributed by atoms with Gasteiger partial charge in [-0.2, -0.15) is 0 Å². The maximum absolute atomic E-state index is 12.0. The van der Waals surface area contributed by atoms with Gasteiger partial charge in [0.15, 0.2) is 0 Å². The highest BCUT2D eigenvalue weighted by molar-refractivity contribution is 9.10. The number of benzene rings is 1. The molecule has 0 spiro atoms. The summed E-state index contributed by atoms with van der Waals surface area (Å²) in [4.78, 5) is 0. The van der Waals surface area contributed by atoms with Crippen molar-refractivity contribution in [1.29, 1.82) is 0 Å². The van der Waals surface area contributed by atoms with Crippen molar-refractivity contribution in [1.82, 2.24) is 10.0 Å². The molecule has 0 aliphatic heterocycles. The third-order valence-corrected chi connectivity index (χ3v) is 5.11. The van der Waals surface area contributed by atoms with Crippen LogP contribution in [0.5, 0.6) is 0 Å². The summed E-state index contributed by atoms with van der Waals surface area (Å²) in [6.45, 7) is 3.96. The van der Waals surface area contributed by atoms with Crippen molar-refractivity contribution in [2.45, 2.75) is 25.1 Å². The lowest BCUT2D eigenvalue weighted by molar-refractivity contribution is 0.550. The Morgan fingerprint density at radius 2 is 2.00 bits per heavy atom. The molecular formula is C12H19BrN2O2S. The molecule has 1 aromatic rings. The van der Waals surface area contributed by atoms with Crippen LogP contribution in [0.15, 0.2) is 28.7 Å². The van der Waals surface area contributed by atoms with Crippen molar-refractivity contribution in [3.05, 3.63) is 34.3 Å². The molecule has 0 bridgehead atoms. The zero-order valence-electron chi connectivity index (χ0n) is 10.8. The number of rotatable bonds is 6. The van der Waals surface area contributed by atoms with Crippen molar-refractivity contribution < 1.29 is 8.42 Å². The minimum Gasteiger partial charge on any atom is -0.318 e. The molecule has 0 saturated heterocycles. The normalized spacial score (nSPS) is 15.3. The first-order valence-corrected chi connectivity index (χ1v) is 8.12. The van der Waals surface area contributed by atoms with E-state index in [2.05, 4.69) is 26.0 Å². The van der Waals surface area contributed by atoms with Gasteiger partial charge in [-0.05, 0) is 38.6 Å². The number of sulfonamides is 1. The van der Waals surface area contributed by atoms with Crippen LogP contribution >= 0.6 is 15.9 Å². The van der Waals surface area contributed by atoms with Gasteiger partial charge in [0.2, 0.25) is 10.0 Å². The Bertz CT molecular complexity index is 491. The number of hydrogen-bond donors (Lipinski definition) is 2. The Balaban J connectivity index is 2.78. The molecule has 0 aliphatic rings. The monoisotopic (exact) mass is 334 g/mol. The van der Waals surface area contributed by atoms with Crippen molar-refractivity contribution in [3.63, 3.8) is 0 Å². The second kappa shape index (κ2) is 6.65. The molecule has 0 saturated carbocycles. The predicted octanol–water partition coefficient (Wildman–Crippen LogP) is 2.04. The van der Waals surface area contributed by atoms with Crippen LogP contribution in [0, 0.1) is 0 Å². The third-order valence-electron chi connectivity index (χ3n) is 2.71. The van der Waals surface area contributed by atoms with Gasteiger partial charge in [0.1, 0.15) is 0 Å². The highest BCUT2D eigenvalue weighted by Crippen LogP contribution is 2.19. The van der Waals surface area contributed by atoms with Crippen LogP contribution in [0.1, 0.15) is 25.5 Å². The topological polar surface area (TPSA) is 58.2 Å². The standard InChI is InChI=1S/C12H19BrN2O2S/c1-9(8-14-3)18(16,17)15-10(2)11-5-4-6-12(13)7-11/h4-7,9-10,14-15H,8H2,1-3H3. The summed E-state index contributed by atoms with van der Waals surface area (Å²) in [5.41, 5.74) is 0.935. The molecule has 2 N–H and O–H groups in total. The van der Waals surface area contributed by atoms with Gasteiger partial charge in [0, 0.05) is 17.1 Å². The first kappa shape index (κ1) is 15.6. The zero-order valence-corrected chi connectivity index (χ0v) is 13.2. The fraction of sp³-hybridized carbons (Fsp3) is 0.500. The van der Waals surface area contributed by atoms with E-state index >= 15 is 0 Å². The van der Waals surface area contributed by atoms with Crippen molar-refractivity contribution >= 4 is 26.0 Å². The van der Waals surface area contributed by atoms with Crippen LogP contribution in [0.25, 0.3) is 0 Å². The molecule has 102 valence electrons. The number of nitrogens with one attached hydrogen (secondary N) is 2. The van der Waals surface area contributed by atoms with Crippen molar-refractivity contribution in [3.8, 4) is 0 Å². The molecule has 2 unspecified atom stereocenters. The lowest BCUT2D eigenvalue weighted by Gasteiger charge is -2.18. The average Bonchev–Trinajstić information content (AvgIpc) is 2.28. The largest absolute Gasteiger partial charge is 0.318 e. The summed E-state index contributed by atoms with van der Waals surface area (Å²) in [6, 6.07) is 7.37. The van der Waals surface area contributed by atoms with Gasteiger partial charge < -0.3 is 5.32 Å². The number of hydrogen-bond acceptors (Lipinski definition) is 3. The summed E-state index contributed by atoms with van der Waals surface area (Å²) in [6.07, 6.45) is 0. The second-order valence-corrected chi connectivity index (χ2v) is 7.35. The lowest BCUT2D eigenvalue weighted by Crippen LogP contribution is -2.39. The maximum Gasteiger partial charge on any atom is 0.216 e. The summed E-state index contributed by atoms with van der Waals surface area (Å²) in [7, 11) is -1.57. The summed E-state index contributed by atoms with van der Waals surface area (Å²) in [5.74, 6) is 0. The fourth-order valence-electron chi connectivity index (χ4n) is 1.60. The van der Waals surface area contributed by atoms with E-state index in [1.165, 1.54) is 0 Å². The molecule has 18 heavy (non-hydrogen) atoms. The molecule has 2 atom stereocenters. The van der Waals surface area contributed by atoms with Crippen LogP contribution in [0.4, 0.5) is 0 Å². The number of halogens is 1. The fourth-order valence-corrected chi connectivity index (χ4v) is 3.27. The van der Waals surface area contributed by atoms with Gasteiger partial charge in [0.05, 0.1) is 5.25 Å². The second-order valence-electron chi connectivity index (χ2n) is 4.31. The van der Waals surface area contributed by atoms with E-state index in [0.29, 0.717) is 6.54 Å². The van der Waals surface area contributed by atoms with E-state index in [-0.39, 0.29) is 6.04 Å². The van der Waals surface area contributed by atoms with Gasteiger partial charge in [-0.15, -0.1) is 0 Å². The molecule has 0 amide bonds. The minimum atomic E-state index is -3.31. The molecule has 0 heterocycles. The van der Waals surface area contributed by atoms with Crippen LogP contribution in [-0.2, 0) is 10.0 Å². The Hall–Kier alpha value is -0.430. The minimum absolute atomic E-state index is 0.244. The molecule has 1 rings (SSSR count). The van der Waals surface area contributed by atoms with Crippen LogP contribution in [-0.4, -0.2) is 27.3 Å². The quantitative estimate of drug-likeness (QED) is 0.836. The Labute approximate surface area is 117 Å². The van der Waals surface area contributed by atoms with E-state index < -0.39 is 15.3 Å². The Morgan fingerprint density at radius 3 is 2.56 bits per heavy atom.